The second-order valence-electron chi connectivity index (χ2n) is 4.13. The molecular weight excluding hydrogens is 226 g/mol. The van der Waals surface area contributed by atoms with Crippen LogP contribution in [0.25, 0.3) is 22.2 Å². The van der Waals surface area contributed by atoms with Gasteiger partial charge in [0.2, 0.25) is 5.56 Å². The number of H-pyrrole nitrogens is 1. The molecule has 0 aliphatic heterocycles. The second-order valence-corrected chi connectivity index (χ2v) is 4.13. The van der Waals surface area contributed by atoms with Crippen molar-refractivity contribution in [1.82, 2.24) is 15.0 Å². The van der Waals surface area contributed by atoms with Gasteiger partial charge < -0.3 is 4.98 Å². The minimum atomic E-state index is -0.109. The summed E-state index contributed by atoms with van der Waals surface area (Å²) in [7, 11) is 0. The predicted molar refractivity (Wildman–Crippen MR) is 70.3 cm³/mol. The first-order chi connectivity index (χ1) is 8.75. The van der Waals surface area contributed by atoms with E-state index >= 15 is 0 Å². The summed E-state index contributed by atoms with van der Waals surface area (Å²) in [5.41, 5.74) is 3.61. The van der Waals surface area contributed by atoms with E-state index in [2.05, 4.69) is 15.0 Å². The van der Waals surface area contributed by atoms with E-state index in [1.807, 2.05) is 13.0 Å². The third-order valence-corrected chi connectivity index (χ3v) is 2.94. The lowest BCUT2D eigenvalue weighted by atomic mass is 10.0. The molecule has 1 N–H and O–H groups in total. The smallest absolute Gasteiger partial charge is 0.248 e. The molecule has 0 aliphatic carbocycles. The van der Waals surface area contributed by atoms with Crippen molar-refractivity contribution in [2.75, 3.05) is 0 Å². The number of nitrogens with one attached hydrogen (secondary N) is 1. The third-order valence-electron chi connectivity index (χ3n) is 2.94. The standard InChI is InChI=1S/C14H11N3O/c1-9-4-6-15-8-11(9)14-10-2-3-13(18)17-12(10)5-7-16-14/h2-8H,1H3,(H,17,18). The van der Waals surface area contributed by atoms with Crippen molar-refractivity contribution in [3.8, 4) is 11.3 Å². The Labute approximate surface area is 103 Å². The number of hydrogen-bond acceptors (Lipinski definition) is 3. The van der Waals surface area contributed by atoms with Crippen LogP contribution in [-0.4, -0.2) is 15.0 Å². The molecule has 3 rings (SSSR count). The zero-order valence-electron chi connectivity index (χ0n) is 9.84. The highest BCUT2D eigenvalue weighted by molar-refractivity contribution is 5.92. The van der Waals surface area contributed by atoms with E-state index in [4.69, 9.17) is 0 Å². The van der Waals surface area contributed by atoms with Crippen LogP contribution in [0.5, 0.6) is 0 Å². The van der Waals surface area contributed by atoms with Crippen LogP contribution >= 0.6 is 0 Å². The molecular formula is C14H11N3O. The Kier molecular flexibility index (Phi) is 2.41. The molecule has 0 aliphatic rings. The van der Waals surface area contributed by atoms with Gasteiger partial charge in [-0.15, -0.1) is 0 Å². The van der Waals surface area contributed by atoms with Crippen molar-refractivity contribution in [3.63, 3.8) is 0 Å². The number of aromatic nitrogens is 3. The molecule has 0 amide bonds. The normalized spacial score (nSPS) is 10.7. The zero-order chi connectivity index (χ0) is 12.5. The number of aryl methyl sites for hydroxylation is 1. The van der Waals surface area contributed by atoms with Crippen LogP contribution in [0.4, 0.5) is 0 Å². The molecule has 3 aromatic heterocycles. The average Bonchev–Trinajstić information content (AvgIpc) is 2.38. The molecule has 3 aromatic rings. The summed E-state index contributed by atoms with van der Waals surface area (Å²) in [5, 5.41) is 0.924. The van der Waals surface area contributed by atoms with E-state index in [1.54, 1.807) is 30.7 Å². The number of nitrogens with zero attached hydrogens (tertiary/aromatic N) is 2. The maximum Gasteiger partial charge on any atom is 0.248 e. The average molecular weight is 237 g/mol. The molecule has 0 saturated carbocycles. The highest BCUT2D eigenvalue weighted by atomic mass is 16.1. The zero-order valence-corrected chi connectivity index (χ0v) is 9.84. The Hall–Kier alpha value is -2.49. The fourth-order valence-corrected chi connectivity index (χ4v) is 2.01. The van der Waals surface area contributed by atoms with Crippen molar-refractivity contribution in [3.05, 3.63) is 58.8 Å². The van der Waals surface area contributed by atoms with Gasteiger partial charge in [0.05, 0.1) is 11.2 Å². The van der Waals surface area contributed by atoms with Gasteiger partial charge in [-0.05, 0) is 30.7 Å². The van der Waals surface area contributed by atoms with Crippen molar-refractivity contribution < 1.29 is 0 Å². The summed E-state index contributed by atoms with van der Waals surface area (Å²) < 4.78 is 0. The van der Waals surface area contributed by atoms with Crippen molar-refractivity contribution in [1.29, 1.82) is 0 Å². The van der Waals surface area contributed by atoms with Gasteiger partial charge in [0.1, 0.15) is 0 Å². The largest absolute Gasteiger partial charge is 0.322 e. The lowest BCUT2D eigenvalue weighted by Crippen LogP contribution is -2.03. The molecule has 0 radical (unpaired) electrons. The molecule has 0 spiro atoms. The lowest BCUT2D eigenvalue weighted by molar-refractivity contribution is 1.24. The Morgan fingerprint density at radius 3 is 2.83 bits per heavy atom. The topological polar surface area (TPSA) is 58.6 Å². The SMILES string of the molecule is Cc1ccncc1-c1nccc2[nH]c(=O)ccc12. The summed E-state index contributed by atoms with van der Waals surface area (Å²) in [6.45, 7) is 2.02. The highest BCUT2D eigenvalue weighted by Gasteiger charge is 2.08. The van der Waals surface area contributed by atoms with E-state index < -0.39 is 0 Å². The van der Waals surface area contributed by atoms with Crippen molar-refractivity contribution in [2.24, 2.45) is 0 Å². The van der Waals surface area contributed by atoms with Gasteiger partial charge in [0, 0.05) is 35.6 Å². The first-order valence-corrected chi connectivity index (χ1v) is 5.65. The van der Waals surface area contributed by atoms with E-state index in [0.29, 0.717) is 0 Å². The van der Waals surface area contributed by atoms with Crippen LogP contribution in [0.15, 0.2) is 47.7 Å². The van der Waals surface area contributed by atoms with Gasteiger partial charge in [-0.25, -0.2) is 0 Å². The second kappa shape index (κ2) is 4.07. The molecule has 4 heteroatoms. The van der Waals surface area contributed by atoms with Gasteiger partial charge in [0.15, 0.2) is 0 Å². The van der Waals surface area contributed by atoms with E-state index in [1.165, 1.54) is 6.07 Å². The molecule has 3 heterocycles. The van der Waals surface area contributed by atoms with Crippen molar-refractivity contribution >= 4 is 10.9 Å². The van der Waals surface area contributed by atoms with Crippen LogP contribution in [0.1, 0.15) is 5.56 Å². The van der Waals surface area contributed by atoms with Gasteiger partial charge in [-0.2, -0.15) is 0 Å². The first kappa shape index (κ1) is 10.7. The maximum atomic E-state index is 11.3. The maximum absolute atomic E-state index is 11.3. The summed E-state index contributed by atoms with van der Waals surface area (Å²) in [5.74, 6) is 0. The Bertz CT molecular complexity index is 777. The number of hydrogen-bond donors (Lipinski definition) is 1. The first-order valence-electron chi connectivity index (χ1n) is 5.65. The minimum absolute atomic E-state index is 0.109. The number of rotatable bonds is 1. The molecule has 0 fully saturated rings. The van der Waals surface area contributed by atoms with E-state index in [-0.39, 0.29) is 5.56 Å². The molecule has 0 aromatic carbocycles. The van der Waals surface area contributed by atoms with E-state index in [9.17, 15) is 4.79 Å². The quantitative estimate of drug-likeness (QED) is 0.706. The summed E-state index contributed by atoms with van der Waals surface area (Å²) >= 11 is 0. The predicted octanol–water partition coefficient (Wildman–Crippen LogP) is 2.29. The molecule has 88 valence electrons. The number of aromatic amines is 1. The third kappa shape index (κ3) is 1.68. The summed E-state index contributed by atoms with van der Waals surface area (Å²) in [6.07, 6.45) is 5.24. The Balaban J connectivity index is 2.37. The fraction of sp³-hybridized carbons (Fsp3) is 0.0714. The van der Waals surface area contributed by atoms with Crippen LogP contribution in [0.3, 0.4) is 0 Å². The summed E-state index contributed by atoms with van der Waals surface area (Å²) in [6, 6.07) is 7.05. The van der Waals surface area contributed by atoms with Gasteiger partial charge in [-0.3, -0.25) is 14.8 Å². The van der Waals surface area contributed by atoms with Crippen molar-refractivity contribution in [2.45, 2.75) is 6.92 Å². The lowest BCUT2D eigenvalue weighted by Gasteiger charge is -2.07. The summed E-state index contributed by atoms with van der Waals surface area (Å²) in [4.78, 5) is 22.7. The van der Waals surface area contributed by atoms with Gasteiger partial charge in [0.25, 0.3) is 0 Å². The molecule has 0 saturated heterocycles. The Morgan fingerprint density at radius 1 is 1.11 bits per heavy atom. The minimum Gasteiger partial charge on any atom is -0.322 e. The highest BCUT2D eigenvalue weighted by Crippen LogP contribution is 2.26. The number of pyridine rings is 3. The molecule has 4 nitrogen and oxygen atoms in total. The molecule has 0 unspecified atom stereocenters. The monoisotopic (exact) mass is 237 g/mol. The van der Waals surface area contributed by atoms with Gasteiger partial charge >= 0.3 is 0 Å². The molecule has 0 atom stereocenters. The fourth-order valence-electron chi connectivity index (χ4n) is 2.01. The van der Waals surface area contributed by atoms with E-state index in [0.717, 1.165) is 27.7 Å². The van der Waals surface area contributed by atoms with Gasteiger partial charge in [-0.1, -0.05) is 0 Å². The van der Waals surface area contributed by atoms with Crippen LogP contribution in [0.2, 0.25) is 0 Å². The van der Waals surface area contributed by atoms with Crippen LogP contribution < -0.4 is 5.56 Å². The number of fused-ring (bicyclic) bond motifs is 1. The Morgan fingerprint density at radius 2 is 2.00 bits per heavy atom. The van der Waals surface area contributed by atoms with Crippen LogP contribution in [0, 0.1) is 6.92 Å². The molecule has 0 bridgehead atoms. The molecule has 18 heavy (non-hydrogen) atoms. The van der Waals surface area contributed by atoms with Crippen LogP contribution in [-0.2, 0) is 0 Å².